The maximum absolute atomic E-state index is 12.2. The van der Waals surface area contributed by atoms with Gasteiger partial charge >= 0.3 is 0 Å². The lowest BCUT2D eigenvalue weighted by atomic mass is 10.1. The number of rotatable bonds is 3. The predicted molar refractivity (Wildman–Crippen MR) is 88.8 cm³/mol. The van der Waals surface area contributed by atoms with Crippen molar-refractivity contribution in [3.05, 3.63) is 95.4 Å². The summed E-state index contributed by atoms with van der Waals surface area (Å²) >= 11 is 0. The molecule has 23 heavy (non-hydrogen) atoms. The van der Waals surface area contributed by atoms with Crippen LogP contribution in [0.5, 0.6) is 0 Å². The molecule has 0 N–H and O–H groups in total. The summed E-state index contributed by atoms with van der Waals surface area (Å²) in [5, 5.41) is 0. The molecular formula is C19H17N3O. The third-order valence-electron chi connectivity index (χ3n) is 3.51. The second-order valence-electron chi connectivity index (χ2n) is 5.33. The van der Waals surface area contributed by atoms with Crippen molar-refractivity contribution in [1.82, 2.24) is 9.55 Å². The Labute approximate surface area is 134 Å². The second kappa shape index (κ2) is 6.83. The normalized spacial score (nSPS) is 11.4. The molecule has 0 radical (unpaired) electrons. The molecule has 0 unspecified atom stereocenters. The van der Waals surface area contributed by atoms with Gasteiger partial charge < -0.3 is 4.57 Å². The van der Waals surface area contributed by atoms with Crippen LogP contribution in [0.4, 0.5) is 0 Å². The van der Waals surface area contributed by atoms with Crippen LogP contribution in [0.3, 0.4) is 0 Å². The van der Waals surface area contributed by atoms with Crippen molar-refractivity contribution >= 4 is 5.91 Å². The standard InChI is InChI=1S/C19H17N3O/c1-15-7-9-16(10-8-15)14-22-12-3-2-6-18(22)21-19(23)17-5-4-11-20-13-17/h2-13H,14H2,1H3. The molecule has 2 heterocycles. The van der Waals surface area contributed by atoms with E-state index in [1.807, 2.05) is 29.0 Å². The molecule has 3 aromatic rings. The number of benzene rings is 1. The Hall–Kier alpha value is -3.01. The number of nitrogens with zero attached hydrogens (tertiary/aromatic N) is 3. The molecule has 3 rings (SSSR count). The Kier molecular flexibility index (Phi) is 4.43. The van der Waals surface area contributed by atoms with Crippen LogP contribution in [-0.2, 0) is 6.54 Å². The SMILES string of the molecule is Cc1ccc(Cn2ccccc2=NC(=O)c2cccnc2)cc1. The zero-order valence-electron chi connectivity index (χ0n) is 12.9. The van der Waals surface area contributed by atoms with Gasteiger partial charge in [-0.3, -0.25) is 9.78 Å². The maximum Gasteiger partial charge on any atom is 0.280 e. The first-order valence-corrected chi connectivity index (χ1v) is 7.42. The van der Waals surface area contributed by atoms with Gasteiger partial charge in [0.25, 0.3) is 5.91 Å². The van der Waals surface area contributed by atoms with Crippen molar-refractivity contribution in [2.24, 2.45) is 4.99 Å². The van der Waals surface area contributed by atoms with Gasteiger partial charge in [-0.2, -0.15) is 4.99 Å². The third kappa shape index (κ3) is 3.80. The van der Waals surface area contributed by atoms with E-state index in [0.29, 0.717) is 17.6 Å². The molecule has 1 aromatic carbocycles. The molecule has 0 spiro atoms. The highest BCUT2D eigenvalue weighted by molar-refractivity contribution is 5.94. The van der Waals surface area contributed by atoms with E-state index in [1.54, 1.807) is 18.3 Å². The van der Waals surface area contributed by atoms with Crippen LogP contribution in [-0.4, -0.2) is 15.5 Å². The molecule has 0 saturated heterocycles. The lowest BCUT2D eigenvalue weighted by molar-refractivity contribution is 0.0997. The van der Waals surface area contributed by atoms with Crippen molar-refractivity contribution < 1.29 is 4.79 Å². The minimum Gasteiger partial charge on any atom is -0.328 e. The largest absolute Gasteiger partial charge is 0.328 e. The van der Waals surface area contributed by atoms with Crippen LogP contribution in [0, 0.1) is 6.92 Å². The first-order valence-electron chi connectivity index (χ1n) is 7.42. The maximum atomic E-state index is 12.2. The van der Waals surface area contributed by atoms with Crippen molar-refractivity contribution in [2.75, 3.05) is 0 Å². The molecule has 2 aromatic heterocycles. The van der Waals surface area contributed by atoms with Gasteiger partial charge in [0.2, 0.25) is 0 Å². The van der Waals surface area contributed by atoms with Crippen LogP contribution in [0.2, 0.25) is 0 Å². The van der Waals surface area contributed by atoms with Gasteiger partial charge in [-0.25, -0.2) is 0 Å². The van der Waals surface area contributed by atoms with Gasteiger partial charge in [-0.15, -0.1) is 0 Å². The molecule has 0 aliphatic heterocycles. The van der Waals surface area contributed by atoms with Crippen molar-refractivity contribution in [3.8, 4) is 0 Å². The second-order valence-corrected chi connectivity index (χ2v) is 5.33. The van der Waals surface area contributed by atoms with Crippen LogP contribution in [0.15, 0.2) is 78.2 Å². The Balaban J connectivity index is 1.93. The molecule has 0 aliphatic rings. The number of amides is 1. The molecule has 0 fully saturated rings. The number of pyridine rings is 2. The van der Waals surface area contributed by atoms with E-state index in [-0.39, 0.29) is 5.91 Å². The fourth-order valence-corrected chi connectivity index (χ4v) is 2.25. The van der Waals surface area contributed by atoms with E-state index in [4.69, 9.17) is 0 Å². The third-order valence-corrected chi connectivity index (χ3v) is 3.51. The Bertz CT molecular complexity index is 865. The summed E-state index contributed by atoms with van der Waals surface area (Å²) in [6.45, 7) is 2.73. The molecule has 0 saturated carbocycles. The average molecular weight is 303 g/mol. The Morgan fingerprint density at radius 3 is 2.65 bits per heavy atom. The minimum absolute atomic E-state index is 0.290. The van der Waals surface area contributed by atoms with Crippen molar-refractivity contribution in [1.29, 1.82) is 0 Å². The van der Waals surface area contributed by atoms with E-state index in [0.717, 1.165) is 5.56 Å². The lowest BCUT2D eigenvalue weighted by Gasteiger charge is -2.07. The Morgan fingerprint density at radius 1 is 1.09 bits per heavy atom. The fraction of sp³-hybridized carbons (Fsp3) is 0.105. The lowest BCUT2D eigenvalue weighted by Crippen LogP contribution is -2.22. The van der Waals surface area contributed by atoms with Gasteiger partial charge in [0, 0.05) is 25.1 Å². The summed E-state index contributed by atoms with van der Waals surface area (Å²) in [7, 11) is 0. The first-order chi connectivity index (χ1) is 11.2. The highest BCUT2D eigenvalue weighted by atomic mass is 16.1. The summed E-state index contributed by atoms with van der Waals surface area (Å²) in [4.78, 5) is 20.4. The van der Waals surface area contributed by atoms with E-state index in [2.05, 4.69) is 41.2 Å². The van der Waals surface area contributed by atoms with E-state index in [9.17, 15) is 4.79 Å². The molecule has 4 nitrogen and oxygen atoms in total. The molecule has 0 aliphatic carbocycles. The summed E-state index contributed by atoms with van der Waals surface area (Å²) in [6, 6.07) is 17.4. The zero-order chi connectivity index (χ0) is 16.1. The number of hydrogen-bond acceptors (Lipinski definition) is 2. The number of hydrogen-bond donors (Lipinski definition) is 0. The van der Waals surface area contributed by atoms with Gasteiger partial charge in [0.05, 0.1) is 5.56 Å². The van der Waals surface area contributed by atoms with Crippen LogP contribution in [0.25, 0.3) is 0 Å². The topological polar surface area (TPSA) is 47.2 Å². The Morgan fingerprint density at radius 2 is 1.91 bits per heavy atom. The number of carbonyl (C=O) groups excluding carboxylic acids is 1. The molecule has 114 valence electrons. The first kappa shape index (κ1) is 14.9. The fourth-order valence-electron chi connectivity index (χ4n) is 2.25. The predicted octanol–water partition coefficient (Wildman–Crippen LogP) is 2.98. The highest BCUT2D eigenvalue weighted by Crippen LogP contribution is 2.04. The summed E-state index contributed by atoms with van der Waals surface area (Å²) < 4.78 is 1.96. The number of carbonyl (C=O) groups is 1. The van der Waals surface area contributed by atoms with Gasteiger partial charge in [0.15, 0.2) is 0 Å². The number of aromatic nitrogens is 2. The van der Waals surface area contributed by atoms with Gasteiger partial charge in [-0.05, 0) is 36.8 Å². The quantitative estimate of drug-likeness (QED) is 0.747. The van der Waals surface area contributed by atoms with Crippen molar-refractivity contribution in [2.45, 2.75) is 13.5 Å². The van der Waals surface area contributed by atoms with Gasteiger partial charge in [0.1, 0.15) is 5.49 Å². The molecule has 0 atom stereocenters. The molecule has 1 amide bonds. The highest BCUT2D eigenvalue weighted by Gasteiger charge is 2.04. The summed E-state index contributed by atoms with van der Waals surface area (Å²) in [5.41, 5.74) is 3.50. The molecular weight excluding hydrogens is 286 g/mol. The van der Waals surface area contributed by atoms with Crippen LogP contribution < -0.4 is 5.49 Å². The molecule has 0 bridgehead atoms. The van der Waals surface area contributed by atoms with E-state index < -0.39 is 0 Å². The molecule has 4 heteroatoms. The van der Waals surface area contributed by atoms with Gasteiger partial charge in [-0.1, -0.05) is 35.9 Å². The average Bonchev–Trinajstić information content (AvgIpc) is 2.59. The van der Waals surface area contributed by atoms with Crippen molar-refractivity contribution in [3.63, 3.8) is 0 Å². The zero-order valence-corrected chi connectivity index (χ0v) is 12.9. The van der Waals surface area contributed by atoms with E-state index in [1.165, 1.54) is 11.8 Å². The summed E-state index contributed by atoms with van der Waals surface area (Å²) in [5.74, 6) is -0.290. The minimum atomic E-state index is -0.290. The van der Waals surface area contributed by atoms with Crippen LogP contribution >= 0.6 is 0 Å². The monoisotopic (exact) mass is 303 g/mol. The van der Waals surface area contributed by atoms with Crippen LogP contribution in [0.1, 0.15) is 21.5 Å². The van der Waals surface area contributed by atoms with E-state index >= 15 is 0 Å². The summed E-state index contributed by atoms with van der Waals surface area (Å²) in [6.07, 6.45) is 5.09. The number of aryl methyl sites for hydroxylation is 1. The smallest absolute Gasteiger partial charge is 0.280 e.